The van der Waals surface area contributed by atoms with Crippen molar-refractivity contribution in [2.45, 2.75) is 26.9 Å². The van der Waals surface area contributed by atoms with Crippen LogP contribution in [0, 0.1) is 23.2 Å². The summed E-state index contributed by atoms with van der Waals surface area (Å²) in [5.74, 6) is 1.93. The summed E-state index contributed by atoms with van der Waals surface area (Å²) in [6, 6.07) is 3.89. The fraction of sp³-hybridized carbons (Fsp3) is 0.625. The van der Waals surface area contributed by atoms with Gasteiger partial charge in [0.2, 0.25) is 0 Å². The Morgan fingerprint density at radius 3 is 2.84 bits per heavy atom. The summed E-state index contributed by atoms with van der Waals surface area (Å²) >= 11 is 0. The zero-order valence-electron chi connectivity index (χ0n) is 11.8. The molecule has 19 heavy (non-hydrogen) atoms. The lowest BCUT2D eigenvalue weighted by molar-refractivity contribution is -0.170. The third-order valence-electron chi connectivity index (χ3n) is 5.37. The van der Waals surface area contributed by atoms with Gasteiger partial charge < -0.3 is 14.3 Å². The molecule has 1 aromatic heterocycles. The minimum Gasteiger partial charge on any atom is -0.467 e. The largest absolute Gasteiger partial charge is 0.467 e. The summed E-state index contributed by atoms with van der Waals surface area (Å²) in [5.41, 5.74) is 1.21. The van der Waals surface area contributed by atoms with E-state index in [9.17, 15) is 5.11 Å². The highest BCUT2D eigenvalue weighted by atomic mass is 16.5. The highest BCUT2D eigenvalue weighted by Gasteiger charge is 2.53. The zero-order chi connectivity index (χ0) is 13.6. The van der Waals surface area contributed by atoms with E-state index in [-0.39, 0.29) is 18.1 Å². The second-order valence-electron chi connectivity index (χ2n) is 6.15. The van der Waals surface area contributed by atoms with Crippen molar-refractivity contribution in [1.29, 1.82) is 0 Å². The van der Waals surface area contributed by atoms with E-state index in [1.165, 1.54) is 5.57 Å². The molecule has 2 bridgehead atoms. The first-order valence-corrected chi connectivity index (χ1v) is 7.04. The molecule has 3 heteroatoms. The van der Waals surface area contributed by atoms with Crippen molar-refractivity contribution in [2.24, 2.45) is 23.2 Å². The average molecular weight is 262 g/mol. The first-order valence-electron chi connectivity index (χ1n) is 7.04. The standard InChI is InChI=1S/C16H22O3/c1-10-7-11(2)16(8-17)9-19-15(14(10)12(16)3)13-5-4-6-18-13/h4-7,11-12,14-15,17H,8-9H2,1-3H3/t11-,12+,14-,15-,16-/m1/s1. The maximum atomic E-state index is 9.90. The highest BCUT2D eigenvalue weighted by molar-refractivity contribution is 5.23. The van der Waals surface area contributed by atoms with E-state index < -0.39 is 0 Å². The molecule has 1 aliphatic carbocycles. The van der Waals surface area contributed by atoms with Gasteiger partial charge in [-0.3, -0.25) is 0 Å². The smallest absolute Gasteiger partial charge is 0.133 e. The van der Waals surface area contributed by atoms with E-state index >= 15 is 0 Å². The Balaban J connectivity index is 2.03. The summed E-state index contributed by atoms with van der Waals surface area (Å²) in [4.78, 5) is 0. The van der Waals surface area contributed by atoms with Crippen molar-refractivity contribution >= 4 is 0 Å². The van der Waals surface area contributed by atoms with Gasteiger partial charge in [0, 0.05) is 11.3 Å². The monoisotopic (exact) mass is 262 g/mol. The zero-order valence-corrected chi connectivity index (χ0v) is 11.8. The summed E-state index contributed by atoms with van der Waals surface area (Å²) in [5, 5.41) is 9.90. The van der Waals surface area contributed by atoms with Crippen LogP contribution in [0.15, 0.2) is 34.5 Å². The van der Waals surface area contributed by atoms with E-state index in [2.05, 4.69) is 26.8 Å². The number of aliphatic hydroxyl groups is 1. The number of aliphatic hydroxyl groups excluding tert-OH is 1. The molecule has 1 N–H and O–H groups in total. The van der Waals surface area contributed by atoms with E-state index in [1.54, 1.807) is 6.26 Å². The SMILES string of the molecule is CC1=C[C@@H](C)[C@@]2(CO)CO[C@H](c3ccco3)[C@H]1[C@@H]2C. The summed E-state index contributed by atoms with van der Waals surface area (Å²) in [7, 11) is 0. The summed E-state index contributed by atoms with van der Waals surface area (Å²) in [6.45, 7) is 7.37. The van der Waals surface area contributed by atoms with Crippen molar-refractivity contribution in [2.75, 3.05) is 13.2 Å². The minimum absolute atomic E-state index is 0.0200. The molecular formula is C16H22O3. The number of ether oxygens (including phenoxy) is 1. The van der Waals surface area contributed by atoms with Crippen molar-refractivity contribution in [1.82, 2.24) is 0 Å². The van der Waals surface area contributed by atoms with E-state index in [1.807, 2.05) is 12.1 Å². The molecule has 1 aromatic rings. The lowest BCUT2D eigenvalue weighted by Gasteiger charge is -2.54. The van der Waals surface area contributed by atoms with Gasteiger partial charge in [-0.2, -0.15) is 0 Å². The van der Waals surface area contributed by atoms with Gasteiger partial charge in [0.15, 0.2) is 0 Å². The molecule has 0 unspecified atom stereocenters. The van der Waals surface area contributed by atoms with Crippen LogP contribution < -0.4 is 0 Å². The second-order valence-corrected chi connectivity index (χ2v) is 6.15. The molecule has 1 aliphatic heterocycles. The van der Waals surface area contributed by atoms with Crippen LogP contribution in [0.1, 0.15) is 32.6 Å². The molecule has 3 nitrogen and oxygen atoms in total. The van der Waals surface area contributed by atoms with Crippen LogP contribution in [0.2, 0.25) is 0 Å². The van der Waals surface area contributed by atoms with Crippen LogP contribution in [0.4, 0.5) is 0 Å². The van der Waals surface area contributed by atoms with Gasteiger partial charge in [-0.1, -0.05) is 25.5 Å². The molecule has 0 amide bonds. The maximum absolute atomic E-state index is 9.90. The van der Waals surface area contributed by atoms with E-state index in [0.29, 0.717) is 24.4 Å². The van der Waals surface area contributed by atoms with Gasteiger partial charge in [0.1, 0.15) is 11.9 Å². The molecule has 1 saturated heterocycles. The van der Waals surface area contributed by atoms with Gasteiger partial charge >= 0.3 is 0 Å². The van der Waals surface area contributed by atoms with Crippen molar-refractivity contribution in [3.63, 3.8) is 0 Å². The fourth-order valence-corrected chi connectivity index (χ4v) is 4.00. The van der Waals surface area contributed by atoms with Crippen LogP contribution in [0.5, 0.6) is 0 Å². The minimum atomic E-state index is -0.146. The van der Waals surface area contributed by atoms with E-state index in [4.69, 9.17) is 9.15 Å². The molecule has 5 atom stereocenters. The third-order valence-corrected chi connectivity index (χ3v) is 5.37. The normalized spacial score (nSPS) is 42.0. The molecule has 0 saturated carbocycles. The average Bonchev–Trinajstić information content (AvgIpc) is 2.90. The molecule has 0 spiro atoms. The predicted octanol–water partition coefficient (Wildman–Crippen LogP) is 3.18. The van der Waals surface area contributed by atoms with Gasteiger partial charge in [0.25, 0.3) is 0 Å². The molecule has 0 aromatic carbocycles. The van der Waals surface area contributed by atoms with Crippen molar-refractivity contribution in [3.8, 4) is 0 Å². The molecule has 0 radical (unpaired) electrons. The first-order chi connectivity index (χ1) is 9.10. The molecule has 2 aliphatic rings. The van der Waals surface area contributed by atoms with Gasteiger partial charge in [-0.15, -0.1) is 0 Å². The molecular weight excluding hydrogens is 240 g/mol. The van der Waals surface area contributed by atoms with Crippen LogP contribution >= 0.6 is 0 Å². The van der Waals surface area contributed by atoms with Crippen LogP contribution in [-0.2, 0) is 4.74 Å². The molecule has 1 fully saturated rings. The van der Waals surface area contributed by atoms with Gasteiger partial charge in [0.05, 0.1) is 19.5 Å². The third kappa shape index (κ3) is 1.72. The molecule has 2 heterocycles. The Morgan fingerprint density at radius 2 is 2.21 bits per heavy atom. The molecule has 104 valence electrons. The Morgan fingerprint density at radius 1 is 1.42 bits per heavy atom. The number of hydrogen-bond donors (Lipinski definition) is 1. The number of hydrogen-bond acceptors (Lipinski definition) is 3. The lowest BCUT2D eigenvalue weighted by Crippen LogP contribution is -2.53. The topological polar surface area (TPSA) is 42.6 Å². The predicted molar refractivity (Wildman–Crippen MR) is 72.5 cm³/mol. The summed E-state index contributed by atoms with van der Waals surface area (Å²) < 4.78 is 11.6. The lowest BCUT2D eigenvalue weighted by atomic mass is 9.56. The maximum Gasteiger partial charge on any atom is 0.133 e. The second kappa shape index (κ2) is 4.50. The van der Waals surface area contributed by atoms with Gasteiger partial charge in [-0.05, 0) is 30.9 Å². The number of allylic oxidation sites excluding steroid dienone is 1. The molecule has 3 rings (SSSR count). The Kier molecular flexibility index (Phi) is 3.06. The number of rotatable bonds is 2. The summed E-state index contributed by atoms with van der Waals surface area (Å²) in [6.07, 6.45) is 3.98. The van der Waals surface area contributed by atoms with Gasteiger partial charge in [-0.25, -0.2) is 0 Å². The van der Waals surface area contributed by atoms with Crippen molar-refractivity contribution < 1.29 is 14.3 Å². The first kappa shape index (κ1) is 12.9. The van der Waals surface area contributed by atoms with Crippen molar-refractivity contribution in [3.05, 3.63) is 35.8 Å². The van der Waals surface area contributed by atoms with Crippen LogP contribution in [0.25, 0.3) is 0 Å². The quantitative estimate of drug-likeness (QED) is 0.832. The van der Waals surface area contributed by atoms with Crippen LogP contribution in [-0.4, -0.2) is 18.3 Å². The Hall–Kier alpha value is -1.06. The number of fused-ring (bicyclic) bond motifs is 2. The highest BCUT2D eigenvalue weighted by Crippen LogP contribution is 2.55. The van der Waals surface area contributed by atoms with E-state index in [0.717, 1.165) is 5.76 Å². The fourth-order valence-electron chi connectivity index (χ4n) is 4.00. The Labute approximate surface area is 114 Å². The van der Waals surface area contributed by atoms with Crippen LogP contribution in [0.3, 0.4) is 0 Å². The number of furan rings is 1. The Bertz CT molecular complexity index is 476.